The molecule has 4 nitrogen and oxygen atoms in total. The van der Waals surface area contributed by atoms with Gasteiger partial charge in [-0.15, -0.1) is 10.2 Å². The van der Waals surface area contributed by atoms with Crippen molar-refractivity contribution in [1.82, 2.24) is 14.8 Å². The van der Waals surface area contributed by atoms with Crippen LogP contribution in [0.2, 0.25) is 0 Å². The summed E-state index contributed by atoms with van der Waals surface area (Å²) in [4.78, 5) is 0. The molecule has 0 radical (unpaired) electrons. The Hall–Kier alpha value is -2.10. The predicted molar refractivity (Wildman–Crippen MR) is 65.7 cm³/mol. The predicted octanol–water partition coefficient (Wildman–Crippen LogP) is 2.85. The van der Waals surface area contributed by atoms with Gasteiger partial charge in [0.1, 0.15) is 0 Å². The van der Waals surface area contributed by atoms with Gasteiger partial charge in [0.2, 0.25) is 11.8 Å². The number of aryl methyl sites for hydroxylation is 3. The van der Waals surface area contributed by atoms with Crippen molar-refractivity contribution in [3.05, 3.63) is 35.9 Å². The fourth-order valence-corrected chi connectivity index (χ4v) is 2.14. The van der Waals surface area contributed by atoms with E-state index in [0.717, 1.165) is 5.56 Å². The molecule has 0 aliphatic rings. The van der Waals surface area contributed by atoms with Gasteiger partial charge in [-0.3, -0.25) is 0 Å². The Bertz CT molecular complexity index is 694. The van der Waals surface area contributed by atoms with Gasteiger partial charge in [0.05, 0.1) is 0 Å². The highest BCUT2D eigenvalue weighted by atomic mass is 16.4. The van der Waals surface area contributed by atoms with Gasteiger partial charge in [0, 0.05) is 36.6 Å². The van der Waals surface area contributed by atoms with E-state index in [-0.39, 0.29) is 0 Å². The van der Waals surface area contributed by atoms with Gasteiger partial charge in [0.25, 0.3) is 0 Å². The maximum atomic E-state index is 5.44. The quantitative estimate of drug-likeness (QED) is 0.642. The Balaban J connectivity index is 2.22. The number of nitrogens with zero attached hydrogens (tertiary/aromatic N) is 3. The Kier molecular flexibility index (Phi) is 2.04. The summed E-state index contributed by atoms with van der Waals surface area (Å²) < 4.78 is 7.55. The minimum Gasteiger partial charge on any atom is -0.421 e. The number of fused-ring (bicyclic) bond motifs is 1. The molecule has 0 N–H and O–H groups in total. The van der Waals surface area contributed by atoms with E-state index in [1.54, 1.807) is 6.92 Å². The molecule has 0 aliphatic heterocycles. The molecule has 0 amide bonds. The van der Waals surface area contributed by atoms with Crippen molar-refractivity contribution in [2.45, 2.75) is 13.8 Å². The Morgan fingerprint density at radius 2 is 2.00 bits per heavy atom. The average Bonchev–Trinajstić information content (AvgIpc) is 2.85. The Morgan fingerprint density at radius 1 is 1.18 bits per heavy atom. The molecule has 1 aromatic carbocycles. The second-order valence-corrected chi connectivity index (χ2v) is 4.28. The highest BCUT2D eigenvalue weighted by Crippen LogP contribution is 2.26. The number of aromatic nitrogens is 3. The fourth-order valence-electron chi connectivity index (χ4n) is 2.14. The molecular formula is C13H13N3O. The number of benzene rings is 1. The van der Waals surface area contributed by atoms with Gasteiger partial charge in [0.15, 0.2) is 0 Å². The Morgan fingerprint density at radius 3 is 2.71 bits per heavy atom. The maximum absolute atomic E-state index is 5.44. The van der Waals surface area contributed by atoms with Crippen LogP contribution in [0.1, 0.15) is 11.5 Å². The van der Waals surface area contributed by atoms with Gasteiger partial charge >= 0.3 is 0 Å². The molecule has 4 heteroatoms. The lowest BCUT2D eigenvalue weighted by atomic mass is 10.1. The van der Waals surface area contributed by atoms with Crippen molar-refractivity contribution in [3.63, 3.8) is 0 Å². The summed E-state index contributed by atoms with van der Waals surface area (Å²) in [6, 6.07) is 6.18. The van der Waals surface area contributed by atoms with E-state index >= 15 is 0 Å². The van der Waals surface area contributed by atoms with Crippen LogP contribution in [0.4, 0.5) is 0 Å². The van der Waals surface area contributed by atoms with Crippen molar-refractivity contribution in [3.8, 4) is 11.5 Å². The van der Waals surface area contributed by atoms with Gasteiger partial charge < -0.3 is 8.98 Å². The molecule has 0 bridgehead atoms. The van der Waals surface area contributed by atoms with E-state index < -0.39 is 0 Å². The topological polar surface area (TPSA) is 43.9 Å². The minimum absolute atomic E-state index is 0.577. The van der Waals surface area contributed by atoms with Crippen LogP contribution >= 0.6 is 0 Å². The first-order chi connectivity index (χ1) is 8.15. The third-order valence-electron chi connectivity index (χ3n) is 2.96. The van der Waals surface area contributed by atoms with E-state index in [0.29, 0.717) is 11.8 Å². The number of hydrogen-bond donors (Lipinski definition) is 0. The fraction of sp³-hybridized carbons (Fsp3) is 0.231. The smallest absolute Gasteiger partial charge is 0.247 e. The summed E-state index contributed by atoms with van der Waals surface area (Å²) in [5.41, 5.74) is 3.43. The molecule has 0 saturated carbocycles. The second-order valence-electron chi connectivity index (χ2n) is 4.28. The molecule has 0 unspecified atom stereocenters. The summed E-state index contributed by atoms with van der Waals surface area (Å²) in [5.74, 6) is 1.16. The summed E-state index contributed by atoms with van der Waals surface area (Å²) in [5, 5.41) is 9.11. The van der Waals surface area contributed by atoms with E-state index in [1.807, 2.05) is 13.1 Å². The standard InChI is InChI=1S/C13H13N3O/c1-8-7-16(3)12-5-4-10(6-11(8)12)13-15-14-9(2)17-13/h4-7H,1-3H3. The maximum Gasteiger partial charge on any atom is 0.247 e. The highest BCUT2D eigenvalue weighted by Gasteiger charge is 2.09. The molecule has 0 spiro atoms. The second kappa shape index (κ2) is 3.45. The zero-order chi connectivity index (χ0) is 12.0. The van der Waals surface area contributed by atoms with Crippen molar-refractivity contribution < 1.29 is 4.42 Å². The lowest BCUT2D eigenvalue weighted by Gasteiger charge is -1.98. The molecule has 2 aromatic heterocycles. The first-order valence-electron chi connectivity index (χ1n) is 5.51. The SMILES string of the molecule is Cc1nnc(-c2ccc3c(c2)c(C)cn3C)o1. The molecule has 0 aliphatic carbocycles. The zero-order valence-corrected chi connectivity index (χ0v) is 10.1. The molecule has 2 heterocycles. The summed E-state index contributed by atoms with van der Waals surface area (Å²) in [7, 11) is 2.05. The molecular weight excluding hydrogens is 214 g/mol. The van der Waals surface area contributed by atoms with E-state index in [2.05, 4.69) is 40.0 Å². The molecule has 0 saturated heterocycles. The van der Waals surface area contributed by atoms with Crippen molar-refractivity contribution in [1.29, 1.82) is 0 Å². The third-order valence-corrected chi connectivity index (χ3v) is 2.96. The van der Waals surface area contributed by atoms with Gasteiger partial charge in [-0.1, -0.05) is 0 Å². The van der Waals surface area contributed by atoms with Gasteiger partial charge in [-0.05, 0) is 30.7 Å². The number of rotatable bonds is 1. The van der Waals surface area contributed by atoms with E-state index in [1.165, 1.54) is 16.5 Å². The summed E-state index contributed by atoms with van der Waals surface area (Å²) in [6.45, 7) is 3.90. The van der Waals surface area contributed by atoms with Crippen LogP contribution in [0.5, 0.6) is 0 Å². The van der Waals surface area contributed by atoms with Crippen LogP contribution in [-0.4, -0.2) is 14.8 Å². The first kappa shape index (κ1) is 10.1. The van der Waals surface area contributed by atoms with Crippen molar-refractivity contribution >= 4 is 10.9 Å². The van der Waals surface area contributed by atoms with Crippen LogP contribution in [-0.2, 0) is 7.05 Å². The van der Waals surface area contributed by atoms with Crippen LogP contribution in [0.25, 0.3) is 22.4 Å². The molecule has 0 atom stereocenters. The molecule has 17 heavy (non-hydrogen) atoms. The molecule has 0 fully saturated rings. The number of hydrogen-bond acceptors (Lipinski definition) is 3. The third kappa shape index (κ3) is 1.53. The van der Waals surface area contributed by atoms with Crippen LogP contribution < -0.4 is 0 Å². The van der Waals surface area contributed by atoms with Crippen LogP contribution in [0.15, 0.2) is 28.8 Å². The molecule has 3 aromatic rings. The van der Waals surface area contributed by atoms with Crippen molar-refractivity contribution in [2.24, 2.45) is 7.05 Å². The zero-order valence-electron chi connectivity index (χ0n) is 10.1. The van der Waals surface area contributed by atoms with Gasteiger partial charge in [-0.2, -0.15) is 0 Å². The summed E-state index contributed by atoms with van der Waals surface area (Å²) in [6.07, 6.45) is 2.12. The van der Waals surface area contributed by atoms with E-state index in [9.17, 15) is 0 Å². The first-order valence-corrected chi connectivity index (χ1v) is 5.51. The molecule has 86 valence electrons. The monoisotopic (exact) mass is 227 g/mol. The van der Waals surface area contributed by atoms with Crippen LogP contribution in [0, 0.1) is 13.8 Å². The van der Waals surface area contributed by atoms with Crippen molar-refractivity contribution in [2.75, 3.05) is 0 Å². The molecule has 3 rings (SSSR count). The summed E-state index contributed by atoms with van der Waals surface area (Å²) >= 11 is 0. The van der Waals surface area contributed by atoms with Crippen LogP contribution in [0.3, 0.4) is 0 Å². The highest BCUT2D eigenvalue weighted by molar-refractivity contribution is 5.87. The lowest BCUT2D eigenvalue weighted by Crippen LogP contribution is -1.84. The largest absolute Gasteiger partial charge is 0.421 e. The lowest BCUT2D eigenvalue weighted by molar-refractivity contribution is 0.533. The normalized spacial score (nSPS) is 11.2. The average molecular weight is 227 g/mol. The van der Waals surface area contributed by atoms with E-state index in [4.69, 9.17) is 4.42 Å². The minimum atomic E-state index is 0.577. The van der Waals surface area contributed by atoms with Gasteiger partial charge in [-0.25, -0.2) is 0 Å². The Labute approximate surface area is 98.9 Å².